The number of hydrogen-bond donors (Lipinski definition) is 1. The highest BCUT2D eigenvalue weighted by Crippen LogP contribution is 2.26. The van der Waals surface area contributed by atoms with Gasteiger partial charge in [0.2, 0.25) is 0 Å². The fourth-order valence-corrected chi connectivity index (χ4v) is 3.27. The first-order chi connectivity index (χ1) is 12.3. The Hall–Kier alpha value is -1.78. The summed E-state index contributed by atoms with van der Waals surface area (Å²) < 4.78 is 0. The first kappa shape index (κ1) is 20.5. The largest absolute Gasteiger partial charge is 0.330 e. The van der Waals surface area contributed by atoms with Crippen LogP contribution in [0, 0.1) is 13.8 Å². The lowest BCUT2D eigenvalue weighted by Gasteiger charge is -2.27. The lowest BCUT2D eigenvalue weighted by atomic mass is 9.85. The summed E-state index contributed by atoms with van der Waals surface area (Å²) in [6.45, 7) is 14.4. The minimum absolute atomic E-state index is 0.0878. The van der Waals surface area contributed by atoms with Gasteiger partial charge in [0.15, 0.2) is 0 Å². The topological polar surface area (TPSA) is 55.0 Å². The molecule has 0 fully saturated rings. The SMILES string of the molecule is Cc1cnc(CN(CCCCN)Cc2ncccc2C(C)(C)C)c(C)c1. The molecule has 0 radical (unpaired) electrons. The van der Waals surface area contributed by atoms with Crippen LogP contribution in [0.15, 0.2) is 30.6 Å². The second-order valence-corrected chi connectivity index (χ2v) is 8.23. The first-order valence-corrected chi connectivity index (χ1v) is 9.60. The predicted octanol–water partition coefficient (Wildman–Crippen LogP) is 4.13. The van der Waals surface area contributed by atoms with Crippen LogP contribution in [0.1, 0.15) is 61.7 Å². The van der Waals surface area contributed by atoms with Crippen molar-refractivity contribution >= 4 is 0 Å². The van der Waals surface area contributed by atoms with E-state index < -0.39 is 0 Å². The summed E-state index contributed by atoms with van der Waals surface area (Å²) in [6, 6.07) is 6.45. The van der Waals surface area contributed by atoms with E-state index in [1.165, 1.54) is 16.7 Å². The molecule has 0 amide bonds. The molecule has 0 unspecified atom stereocenters. The molecule has 0 aliphatic rings. The summed E-state index contributed by atoms with van der Waals surface area (Å²) in [5.41, 5.74) is 11.9. The van der Waals surface area contributed by atoms with Gasteiger partial charge in [-0.1, -0.05) is 32.9 Å². The van der Waals surface area contributed by atoms with Crippen molar-refractivity contribution in [2.45, 2.75) is 66.0 Å². The van der Waals surface area contributed by atoms with E-state index in [0.717, 1.165) is 50.4 Å². The molecule has 0 saturated heterocycles. The van der Waals surface area contributed by atoms with Gasteiger partial charge in [0.25, 0.3) is 0 Å². The standard InChI is InChI=1S/C22H34N4/c1-17-13-18(2)20(25-14-17)15-26(12-7-6-10-23)16-21-19(22(3,4)5)9-8-11-24-21/h8-9,11,13-14H,6-7,10,12,15-16,23H2,1-5H3. The molecule has 2 N–H and O–H groups in total. The van der Waals surface area contributed by atoms with Gasteiger partial charge in [0.1, 0.15) is 0 Å². The van der Waals surface area contributed by atoms with Crippen molar-refractivity contribution in [3.8, 4) is 0 Å². The normalized spacial score (nSPS) is 12.0. The monoisotopic (exact) mass is 354 g/mol. The van der Waals surface area contributed by atoms with Crippen molar-refractivity contribution in [2.75, 3.05) is 13.1 Å². The Labute approximate surface area is 158 Å². The van der Waals surface area contributed by atoms with Gasteiger partial charge in [-0.25, -0.2) is 0 Å². The summed E-state index contributed by atoms with van der Waals surface area (Å²) in [4.78, 5) is 11.8. The van der Waals surface area contributed by atoms with Crippen LogP contribution in [0.2, 0.25) is 0 Å². The second-order valence-electron chi connectivity index (χ2n) is 8.23. The highest BCUT2D eigenvalue weighted by molar-refractivity contribution is 5.27. The highest BCUT2D eigenvalue weighted by atomic mass is 15.1. The fraction of sp³-hybridized carbons (Fsp3) is 0.545. The quantitative estimate of drug-likeness (QED) is 0.724. The molecule has 0 spiro atoms. The minimum Gasteiger partial charge on any atom is -0.330 e. The summed E-state index contributed by atoms with van der Waals surface area (Å²) >= 11 is 0. The number of aromatic nitrogens is 2. The summed E-state index contributed by atoms with van der Waals surface area (Å²) in [6.07, 6.45) is 6.00. The minimum atomic E-state index is 0.0878. The zero-order valence-corrected chi connectivity index (χ0v) is 17.0. The van der Waals surface area contributed by atoms with E-state index in [9.17, 15) is 0 Å². The van der Waals surface area contributed by atoms with Crippen LogP contribution in [-0.4, -0.2) is 28.0 Å². The summed E-state index contributed by atoms with van der Waals surface area (Å²) in [5, 5.41) is 0. The molecule has 0 saturated carbocycles. The lowest BCUT2D eigenvalue weighted by molar-refractivity contribution is 0.243. The third-order valence-corrected chi connectivity index (χ3v) is 4.70. The van der Waals surface area contributed by atoms with Gasteiger partial charge in [0.05, 0.1) is 11.4 Å². The average Bonchev–Trinajstić information content (AvgIpc) is 2.57. The lowest BCUT2D eigenvalue weighted by Crippen LogP contribution is -2.28. The fourth-order valence-electron chi connectivity index (χ4n) is 3.27. The smallest absolute Gasteiger partial charge is 0.0581 e. The molecule has 2 aromatic rings. The Morgan fingerprint density at radius 2 is 1.77 bits per heavy atom. The molecule has 2 aromatic heterocycles. The number of nitrogens with two attached hydrogens (primary N) is 1. The van der Waals surface area contributed by atoms with Gasteiger partial charge in [0, 0.05) is 25.5 Å². The molecule has 0 bridgehead atoms. The van der Waals surface area contributed by atoms with Crippen molar-refractivity contribution in [1.82, 2.24) is 14.9 Å². The van der Waals surface area contributed by atoms with E-state index >= 15 is 0 Å². The average molecular weight is 355 g/mol. The maximum atomic E-state index is 5.70. The first-order valence-electron chi connectivity index (χ1n) is 9.60. The molecule has 0 aliphatic carbocycles. The van der Waals surface area contributed by atoms with Crippen LogP contribution in [0.25, 0.3) is 0 Å². The molecular formula is C22H34N4. The second kappa shape index (κ2) is 9.24. The summed E-state index contributed by atoms with van der Waals surface area (Å²) in [7, 11) is 0. The molecule has 0 aromatic carbocycles. The molecule has 4 nitrogen and oxygen atoms in total. The number of nitrogens with zero attached hydrogens (tertiary/aromatic N) is 3. The zero-order chi connectivity index (χ0) is 19.2. The molecule has 142 valence electrons. The number of rotatable bonds is 8. The highest BCUT2D eigenvalue weighted by Gasteiger charge is 2.20. The Morgan fingerprint density at radius 3 is 2.42 bits per heavy atom. The molecule has 26 heavy (non-hydrogen) atoms. The number of pyridine rings is 2. The molecule has 4 heteroatoms. The van der Waals surface area contributed by atoms with Crippen LogP contribution >= 0.6 is 0 Å². The van der Waals surface area contributed by atoms with E-state index in [4.69, 9.17) is 10.7 Å². The van der Waals surface area contributed by atoms with Gasteiger partial charge in [-0.15, -0.1) is 0 Å². The van der Waals surface area contributed by atoms with Crippen molar-refractivity contribution in [3.63, 3.8) is 0 Å². The molecule has 2 heterocycles. The third-order valence-electron chi connectivity index (χ3n) is 4.70. The van der Waals surface area contributed by atoms with E-state index in [1.807, 2.05) is 18.5 Å². The predicted molar refractivity (Wildman–Crippen MR) is 109 cm³/mol. The molecule has 0 aliphatic heterocycles. The van der Waals surface area contributed by atoms with Crippen LogP contribution in [0.3, 0.4) is 0 Å². The maximum Gasteiger partial charge on any atom is 0.0581 e. The van der Waals surface area contributed by atoms with E-state index in [2.05, 4.69) is 56.6 Å². The van der Waals surface area contributed by atoms with Gasteiger partial charge in [-0.3, -0.25) is 14.9 Å². The zero-order valence-electron chi connectivity index (χ0n) is 17.0. The molecule has 2 rings (SSSR count). The Bertz CT molecular complexity index is 704. The van der Waals surface area contributed by atoms with Crippen LogP contribution in [0.4, 0.5) is 0 Å². The van der Waals surface area contributed by atoms with Gasteiger partial charge in [-0.05, 0) is 68.0 Å². The van der Waals surface area contributed by atoms with E-state index in [0.29, 0.717) is 0 Å². The Balaban J connectivity index is 2.22. The van der Waals surface area contributed by atoms with E-state index in [-0.39, 0.29) is 5.41 Å². The van der Waals surface area contributed by atoms with Crippen molar-refractivity contribution in [3.05, 3.63) is 58.7 Å². The number of aryl methyl sites for hydroxylation is 2. The molecule has 0 atom stereocenters. The van der Waals surface area contributed by atoms with Crippen LogP contribution in [-0.2, 0) is 18.5 Å². The Morgan fingerprint density at radius 1 is 1.04 bits per heavy atom. The number of unbranched alkanes of at least 4 members (excludes halogenated alkanes) is 1. The molecular weight excluding hydrogens is 320 g/mol. The van der Waals surface area contributed by atoms with Crippen molar-refractivity contribution < 1.29 is 0 Å². The Kier molecular flexibility index (Phi) is 7.30. The van der Waals surface area contributed by atoms with Crippen molar-refractivity contribution in [2.24, 2.45) is 5.73 Å². The maximum absolute atomic E-state index is 5.70. The number of hydrogen-bond acceptors (Lipinski definition) is 4. The summed E-state index contributed by atoms with van der Waals surface area (Å²) in [5.74, 6) is 0. The van der Waals surface area contributed by atoms with Gasteiger partial charge >= 0.3 is 0 Å². The van der Waals surface area contributed by atoms with Gasteiger partial charge in [-0.2, -0.15) is 0 Å². The van der Waals surface area contributed by atoms with Crippen molar-refractivity contribution in [1.29, 1.82) is 0 Å². The van der Waals surface area contributed by atoms with Gasteiger partial charge < -0.3 is 5.73 Å². The third kappa shape index (κ3) is 5.89. The van der Waals surface area contributed by atoms with E-state index in [1.54, 1.807) is 0 Å². The van der Waals surface area contributed by atoms with Crippen LogP contribution < -0.4 is 5.73 Å². The van der Waals surface area contributed by atoms with Crippen LogP contribution in [0.5, 0.6) is 0 Å².